The van der Waals surface area contributed by atoms with E-state index in [1.807, 2.05) is 24.3 Å². The van der Waals surface area contributed by atoms with Crippen LogP contribution in [-0.2, 0) is 9.53 Å². The molecule has 1 aromatic rings. The van der Waals surface area contributed by atoms with Crippen LogP contribution in [0.5, 0.6) is 0 Å². The van der Waals surface area contributed by atoms with Gasteiger partial charge >= 0.3 is 0 Å². The molecular weight excluding hydrogens is 292 g/mol. The molecule has 6 heteroatoms. The van der Waals surface area contributed by atoms with Crippen molar-refractivity contribution in [3.63, 3.8) is 0 Å². The number of likely N-dealkylation sites (tertiary alicyclic amines) is 1. The highest BCUT2D eigenvalue weighted by Gasteiger charge is 2.23. The topological polar surface area (TPSA) is 65.6 Å². The molecule has 2 saturated heterocycles. The van der Waals surface area contributed by atoms with Crippen molar-refractivity contribution in [2.24, 2.45) is 0 Å². The number of carbonyl (C=O) groups excluding carboxylic acids is 1. The molecule has 2 heterocycles. The molecule has 1 unspecified atom stereocenters. The van der Waals surface area contributed by atoms with Crippen molar-refractivity contribution in [1.29, 1.82) is 0 Å². The van der Waals surface area contributed by atoms with Crippen LogP contribution in [0.4, 0.5) is 11.4 Å². The first-order valence-electron chi connectivity index (χ1n) is 8.39. The lowest BCUT2D eigenvalue weighted by Crippen LogP contribution is -2.45. The second-order valence-electron chi connectivity index (χ2n) is 6.32. The summed E-state index contributed by atoms with van der Waals surface area (Å²) >= 11 is 0. The number of hydrogen-bond donors (Lipinski definition) is 3. The SMILES string of the molecule is CN1CCC(Nc2ccccc2NC(=O)C2CNCCO2)CC1. The molecule has 1 amide bonds. The molecule has 23 heavy (non-hydrogen) atoms. The lowest BCUT2D eigenvalue weighted by molar-refractivity contribution is -0.128. The number of rotatable bonds is 4. The number of anilines is 2. The summed E-state index contributed by atoms with van der Waals surface area (Å²) in [5.74, 6) is -0.0881. The van der Waals surface area contributed by atoms with Crippen molar-refractivity contribution in [1.82, 2.24) is 10.2 Å². The van der Waals surface area contributed by atoms with Gasteiger partial charge in [0, 0.05) is 19.1 Å². The molecule has 0 aliphatic carbocycles. The quantitative estimate of drug-likeness (QED) is 0.776. The first kappa shape index (κ1) is 16.2. The summed E-state index contributed by atoms with van der Waals surface area (Å²) in [5.41, 5.74) is 1.81. The van der Waals surface area contributed by atoms with Gasteiger partial charge in [-0.3, -0.25) is 4.79 Å². The van der Waals surface area contributed by atoms with Crippen LogP contribution in [0.3, 0.4) is 0 Å². The largest absolute Gasteiger partial charge is 0.381 e. The zero-order valence-corrected chi connectivity index (χ0v) is 13.7. The molecule has 3 N–H and O–H groups in total. The minimum atomic E-state index is -0.417. The molecule has 3 rings (SSSR count). The Labute approximate surface area is 137 Å². The highest BCUT2D eigenvalue weighted by molar-refractivity contribution is 5.97. The third-order valence-electron chi connectivity index (χ3n) is 4.48. The molecule has 6 nitrogen and oxygen atoms in total. The molecule has 126 valence electrons. The molecule has 0 radical (unpaired) electrons. The normalized spacial score (nSPS) is 23.4. The fourth-order valence-electron chi connectivity index (χ4n) is 3.04. The monoisotopic (exact) mass is 318 g/mol. The van der Waals surface area contributed by atoms with Gasteiger partial charge in [0.1, 0.15) is 6.10 Å². The van der Waals surface area contributed by atoms with Gasteiger partial charge in [-0.05, 0) is 45.1 Å². The number of piperidine rings is 1. The van der Waals surface area contributed by atoms with E-state index in [2.05, 4.69) is 27.9 Å². The van der Waals surface area contributed by atoms with Crippen LogP contribution in [0.25, 0.3) is 0 Å². The number of carbonyl (C=O) groups is 1. The fourth-order valence-corrected chi connectivity index (χ4v) is 3.04. The number of benzene rings is 1. The molecule has 2 fully saturated rings. The van der Waals surface area contributed by atoms with E-state index < -0.39 is 6.10 Å². The Bertz CT molecular complexity index is 523. The standard InChI is InChI=1S/C17H26N4O2/c1-21-9-6-13(7-10-21)19-14-4-2-3-5-15(14)20-17(22)16-12-18-8-11-23-16/h2-5,13,16,18-19H,6-12H2,1H3,(H,20,22). The van der Waals surface area contributed by atoms with Crippen LogP contribution in [0.1, 0.15) is 12.8 Å². The van der Waals surface area contributed by atoms with Crippen molar-refractivity contribution in [2.75, 3.05) is 50.5 Å². The first-order chi connectivity index (χ1) is 11.2. The molecule has 2 aliphatic heterocycles. The van der Waals surface area contributed by atoms with Gasteiger partial charge in [-0.25, -0.2) is 0 Å². The smallest absolute Gasteiger partial charge is 0.254 e. The molecule has 0 bridgehead atoms. The number of nitrogens with zero attached hydrogens (tertiary/aromatic N) is 1. The molecule has 2 aliphatic rings. The van der Waals surface area contributed by atoms with Gasteiger partial charge in [0.25, 0.3) is 5.91 Å². The number of morpholine rings is 1. The highest BCUT2D eigenvalue weighted by Crippen LogP contribution is 2.24. The van der Waals surface area contributed by atoms with Crippen LogP contribution < -0.4 is 16.0 Å². The average molecular weight is 318 g/mol. The van der Waals surface area contributed by atoms with E-state index in [4.69, 9.17) is 4.74 Å². The van der Waals surface area contributed by atoms with Crippen LogP contribution in [0, 0.1) is 0 Å². The number of ether oxygens (including phenoxy) is 1. The minimum absolute atomic E-state index is 0.0881. The van der Waals surface area contributed by atoms with Crippen LogP contribution >= 0.6 is 0 Å². The van der Waals surface area contributed by atoms with Crippen molar-refractivity contribution in [3.8, 4) is 0 Å². The van der Waals surface area contributed by atoms with Gasteiger partial charge in [0.15, 0.2) is 0 Å². The van der Waals surface area contributed by atoms with E-state index in [0.717, 1.165) is 43.9 Å². The number of nitrogens with one attached hydrogen (secondary N) is 3. The van der Waals surface area contributed by atoms with Gasteiger partial charge in [-0.1, -0.05) is 12.1 Å². The van der Waals surface area contributed by atoms with Gasteiger partial charge in [0.05, 0.1) is 18.0 Å². The molecule has 0 saturated carbocycles. The summed E-state index contributed by atoms with van der Waals surface area (Å²) in [6, 6.07) is 8.34. The lowest BCUT2D eigenvalue weighted by atomic mass is 10.0. The second kappa shape index (κ2) is 7.77. The summed E-state index contributed by atoms with van der Waals surface area (Å²) < 4.78 is 5.51. The zero-order chi connectivity index (χ0) is 16.1. The van der Waals surface area contributed by atoms with Gasteiger partial charge < -0.3 is 25.6 Å². The van der Waals surface area contributed by atoms with E-state index >= 15 is 0 Å². The van der Waals surface area contributed by atoms with Crippen LogP contribution in [-0.4, -0.2) is 62.8 Å². The minimum Gasteiger partial charge on any atom is -0.381 e. The third kappa shape index (κ3) is 4.43. The van der Waals surface area contributed by atoms with Crippen molar-refractivity contribution < 1.29 is 9.53 Å². The summed E-state index contributed by atoms with van der Waals surface area (Å²) in [4.78, 5) is 14.7. The van der Waals surface area contributed by atoms with E-state index in [9.17, 15) is 4.79 Å². The third-order valence-corrected chi connectivity index (χ3v) is 4.48. The Balaban J connectivity index is 1.62. The molecule has 1 atom stereocenters. The van der Waals surface area contributed by atoms with Crippen LogP contribution in [0.15, 0.2) is 24.3 Å². The summed E-state index contributed by atoms with van der Waals surface area (Å²) in [6.45, 7) is 4.16. The first-order valence-corrected chi connectivity index (χ1v) is 8.39. The van der Waals surface area contributed by atoms with E-state index in [0.29, 0.717) is 19.2 Å². The summed E-state index contributed by atoms with van der Waals surface area (Å²) in [7, 11) is 2.16. The zero-order valence-electron chi connectivity index (χ0n) is 13.7. The Morgan fingerprint density at radius 3 is 2.70 bits per heavy atom. The number of hydrogen-bond acceptors (Lipinski definition) is 5. The predicted molar refractivity (Wildman–Crippen MR) is 91.8 cm³/mol. The van der Waals surface area contributed by atoms with Crippen molar-refractivity contribution >= 4 is 17.3 Å². The van der Waals surface area contributed by atoms with Crippen molar-refractivity contribution in [3.05, 3.63) is 24.3 Å². The Morgan fingerprint density at radius 2 is 2.00 bits per heavy atom. The fraction of sp³-hybridized carbons (Fsp3) is 0.588. The maximum Gasteiger partial charge on any atom is 0.254 e. The predicted octanol–water partition coefficient (Wildman–Crippen LogP) is 1.12. The Kier molecular flexibility index (Phi) is 5.48. The number of amides is 1. The second-order valence-corrected chi connectivity index (χ2v) is 6.32. The average Bonchev–Trinajstić information content (AvgIpc) is 2.59. The maximum absolute atomic E-state index is 12.3. The highest BCUT2D eigenvalue weighted by atomic mass is 16.5. The van der Waals surface area contributed by atoms with E-state index in [1.54, 1.807) is 0 Å². The lowest BCUT2D eigenvalue weighted by Gasteiger charge is -2.31. The van der Waals surface area contributed by atoms with Gasteiger partial charge in [-0.2, -0.15) is 0 Å². The van der Waals surface area contributed by atoms with Crippen LogP contribution in [0.2, 0.25) is 0 Å². The van der Waals surface area contributed by atoms with E-state index in [-0.39, 0.29) is 5.91 Å². The summed E-state index contributed by atoms with van der Waals surface area (Å²) in [6.07, 6.45) is 1.82. The molecular formula is C17H26N4O2. The van der Waals surface area contributed by atoms with E-state index in [1.165, 1.54) is 0 Å². The molecule has 1 aromatic carbocycles. The van der Waals surface area contributed by atoms with Crippen molar-refractivity contribution in [2.45, 2.75) is 25.0 Å². The van der Waals surface area contributed by atoms with Gasteiger partial charge in [0.2, 0.25) is 0 Å². The van der Waals surface area contributed by atoms with Gasteiger partial charge in [-0.15, -0.1) is 0 Å². The maximum atomic E-state index is 12.3. The molecule has 0 aromatic heterocycles. The number of para-hydroxylation sites is 2. The molecule has 0 spiro atoms. The Morgan fingerprint density at radius 1 is 1.26 bits per heavy atom. The summed E-state index contributed by atoms with van der Waals surface area (Å²) in [5, 5.41) is 9.76. The Hall–Kier alpha value is -1.63.